The van der Waals surface area contributed by atoms with Crippen molar-refractivity contribution in [2.75, 3.05) is 6.61 Å². The molecule has 0 spiro atoms. The number of carbonyl (C=O) groups excluding carboxylic acids is 1. The number of hydrogen-bond donors (Lipinski definition) is 2. The van der Waals surface area contributed by atoms with Gasteiger partial charge in [-0.05, 0) is 30.7 Å². The average molecular weight is 290 g/mol. The van der Waals surface area contributed by atoms with Crippen molar-refractivity contribution in [1.29, 1.82) is 0 Å². The zero-order chi connectivity index (χ0) is 15.2. The SMILES string of the molecule is CCOC(=O)CC(O)C(O)c1ccc(-n2cccn2)cc1. The first-order valence-corrected chi connectivity index (χ1v) is 6.73. The van der Waals surface area contributed by atoms with Gasteiger partial charge in [0.15, 0.2) is 0 Å². The van der Waals surface area contributed by atoms with Gasteiger partial charge < -0.3 is 14.9 Å². The molecule has 21 heavy (non-hydrogen) atoms. The van der Waals surface area contributed by atoms with Gasteiger partial charge in [-0.1, -0.05) is 12.1 Å². The van der Waals surface area contributed by atoms with Crippen LogP contribution < -0.4 is 0 Å². The Kier molecular flexibility index (Phi) is 5.08. The predicted molar refractivity (Wildman–Crippen MR) is 75.8 cm³/mol. The normalized spacial score (nSPS) is 13.7. The largest absolute Gasteiger partial charge is 0.466 e. The summed E-state index contributed by atoms with van der Waals surface area (Å²) in [4.78, 5) is 11.3. The third kappa shape index (κ3) is 3.90. The predicted octanol–water partition coefficient (Wildman–Crippen LogP) is 1.22. The molecule has 0 aliphatic carbocycles. The molecule has 2 N–H and O–H groups in total. The summed E-state index contributed by atoms with van der Waals surface area (Å²) >= 11 is 0. The van der Waals surface area contributed by atoms with Crippen LogP contribution in [0.25, 0.3) is 5.69 Å². The maximum atomic E-state index is 11.3. The second kappa shape index (κ2) is 7.01. The van der Waals surface area contributed by atoms with Gasteiger partial charge in [0, 0.05) is 12.4 Å². The number of ether oxygens (including phenoxy) is 1. The fourth-order valence-corrected chi connectivity index (χ4v) is 1.97. The highest BCUT2D eigenvalue weighted by atomic mass is 16.5. The number of benzene rings is 1. The van der Waals surface area contributed by atoms with E-state index in [1.54, 1.807) is 48.3 Å². The summed E-state index contributed by atoms with van der Waals surface area (Å²) in [5.74, 6) is -0.530. The fraction of sp³-hybridized carbons (Fsp3) is 0.333. The van der Waals surface area contributed by atoms with Crippen molar-refractivity contribution in [2.45, 2.75) is 25.6 Å². The third-order valence-corrected chi connectivity index (χ3v) is 3.05. The van der Waals surface area contributed by atoms with Crippen LogP contribution in [-0.4, -0.2) is 38.7 Å². The van der Waals surface area contributed by atoms with Gasteiger partial charge in [-0.15, -0.1) is 0 Å². The Morgan fingerprint density at radius 2 is 2.05 bits per heavy atom. The van der Waals surface area contributed by atoms with E-state index in [9.17, 15) is 15.0 Å². The van der Waals surface area contributed by atoms with E-state index in [-0.39, 0.29) is 13.0 Å². The lowest BCUT2D eigenvalue weighted by molar-refractivity contribution is -0.147. The molecule has 1 aromatic heterocycles. The van der Waals surface area contributed by atoms with E-state index >= 15 is 0 Å². The molecule has 0 saturated carbocycles. The van der Waals surface area contributed by atoms with Crippen LogP contribution in [0.15, 0.2) is 42.7 Å². The Morgan fingerprint density at radius 3 is 2.62 bits per heavy atom. The van der Waals surface area contributed by atoms with Crippen molar-refractivity contribution >= 4 is 5.97 Å². The molecular weight excluding hydrogens is 272 g/mol. The van der Waals surface area contributed by atoms with E-state index < -0.39 is 18.2 Å². The zero-order valence-electron chi connectivity index (χ0n) is 11.7. The summed E-state index contributed by atoms with van der Waals surface area (Å²) in [6.07, 6.45) is 0.906. The van der Waals surface area contributed by atoms with E-state index in [2.05, 4.69) is 5.10 Å². The van der Waals surface area contributed by atoms with Gasteiger partial charge in [0.1, 0.15) is 6.10 Å². The van der Waals surface area contributed by atoms with Crippen molar-refractivity contribution in [3.05, 3.63) is 48.3 Å². The summed E-state index contributed by atoms with van der Waals surface area (Å²) in [6, 6.07) is 8.75. The monoisotopic (exact) mass is 290 g/mol. The smallest absolute Gasteiger partial charge is 0.308 e. The molecule has 112 valence electrons. The molecule has 2 rings (SSSR count). The minimum absolute atomic E-state index is 0.240. The molecule has 6 heteroatoms. The fourth-order valence-electron chi connectivity index (χ4n) is 1.97. The van der Waals surface area contributed by atoms with E-state index in [1.165, 1.54) is 0 Å². The standard InChI is InChI=1S/C15H18N2O4/c1-2-21-14(19)10-13(18)15(20)11-4-6-12(7-5-11)17-9-3-8-16-17/h3-9,13,15,18,20H,2,10H2,1H3. The van der Waals surface area contributed by atoms with Crippen LogP contribution in [0.5, 0.6) is 0 Å². The number of esters is 1. The van der Waals surface area contributed by atoms with Gasteiger partial charge in [-0.25, -0.2) is 4.68 Å². The van der Waals surface area contributed by atoms with Gasteiger partial charge in [0.2, 0.25) is 0 Å². The first-order valence-electron chi connectivity index (χ1n) is 6.73. The van der Waals surface area contributed by atoms with Crippen LogP contribution in [-0.2, 0) is 9.53 Å². The number of rotatable bonds is 6. The number of carbonyl (C=O) groups is 1. The third-order valence-electron chi connectivity index (χ3n) is 3.05. The summed E-state index contributed by atoms with van der Waals surface area (Å²) in [5, 5.41) is 24.0. The Hall–Kier alpha value is -2.18. The molecule has 2 atom stereocenters. The van der Waals surface area contributed by atoms with Crippen LogP contribution in [0, 0.1) is 0 Å². The number of nitrogens with zero attached hydrogens (tertiary/aromatic N) is 2. The Bertz CT molecular complexity index is 566. The summed E-state index contributed by atoms with van der Waals surface area (Å²) in [5.41, 5.74) is 1.37. The maximum absolute atomic E-state index is 11.3. The molecule has 6 nitrogen and oxygen atoms in total. The number of aliphatic hydroxyl groups excluding tert-OH is 2. The molecule has 0 bridgehead atoms. The Balaban J connectivity index is 2.02. The molecule has 0 fully saturated rings. The lowest BCUT2D eigenvalue weighted by Gasteiger charge is -2.17. The van der Waals surface area contributed by atoms with Crippen LogP contribution >= 0.6 is 0 Å². The lowest BCUT2D eigenvalue weighted by Crippen LogP contribution is -2.23. The minimum atomic E-state index is -1.19. The number of aromatic nitrogens is 2. The first kappa shape index (κ1) is 15.2. The second-order valence-electron chi connectivity index (χ2n) is 4.56. The molecule has 1 aromatic carbocycles. The highest BCUT2D eigenvalue weighted by molar-refractivity contribution is 5.70. The van der Waals surface area contributed by atoms with Crippen LogP contribution in [0.1, 0.15) is 25.0 Å². The minimum Gasteiger partial charge on any atom is -0.466 e. The molecule has 1 heterocycles. The Morgan fingerprint density at radius 1 is 1.33 bits per heavy atom. The van der Waals surface area contributed by atoms with Crippen molar-refractivity contribution < 1.29 is 19.7 Å². The van der Waals surface area contributed by atoms with Gasteiger partial charge in [-0.2, -0.15) is 5.10 Å². The van der Waals surface area contributed by atoms with Gasteiger partial charge in [0.05, 0.1) is 24.8 Å². The van der Waals surface area contributed by atoms with E-state index in [4.69, 9.17) is 4.74 Å². The molecule has 0 aliphatic heterocycles. The molecular formula is C15H18N2O4. The van der Waals surface area contributed by atoms with E-state index in [0.29, 0.717) is 5.56 Å². The molecule has 0 aliphatic rings. The lowest BCUT2D eigenvalue weighted by atomic mass is 10.0. The topological polar surface area (TPSA) is 84.6 Å². The molecule has 2 aromatic rings. The van der Waals surface area contributed by atoms with Gasteiger partial charge in [-0.3, -0.25) is 4.79 Å². The number of aliphatic hydroxyl groups is 2. The Labute approximate surface area is 122 Å². The molecule has 0 radical (unpaired) electrons. The highest BCUT2D eigenvalue weighted by Gasteiger charge is 2.22. The zero-order valence-corrected chi connectivity index (χ0v) is 11.7. The molecule has 2 unspecified atom stereocenters. The number of hydrogen-bond acceptors (Lipinski definition) is 5. The van der Waals surface area contributed by atoms with Crippen molar-refractivity contribution in [3.8, 4) is 5.69 Å². The van der Waals surface area contributed by atoms with Crippen molar-refractivity contribution in [2.24, 2.45) is 0 Å². The van der Waals surface area contributed by atoms with Gasteiger partial charge >= 0.3 is 5.97 Å². The maximum Gasteiger partial charge on any atom is 0.308 e. The van der Waals surface area contributed by atoms with Crippen LogP contribution in [0.4, 0.5) is 0 Å². The molecule has 0 amide bonds. The van der Waals surface area contributed by atoms with Crippen LogP contribution in [0.3, 0.4) is 0 Å². The summed E-state index contributed by atoms with van der Waals surface area (Å²) in [7, 11) is 0. The van der Waals surface area contributed by atoms with Crippen molar-refractivity contribution in [3.63, 3.8) is 0 Å². The van der Waals surface area contributed by atoms with E-state index in [0.717, 1.165) is 5.69 Å². The second-order valence-corrected chi connectivity index (χ2v) is 4.56. The first-order chi connectivity index (χ1) is 10.1. The van der Waals surface area contributed by atoms with Crippen LogP contribution in [0.2, 0.25) is 0 Å². The van der Waals surface area contributed by atoms with Gasteiger partial charge in [0.25, 0.3) is 0 Å². The highest BCUT2D eigenvalue weighted by Crippen LogP contribution is 2.20. The average Bonchev–Trinajstić information content (AvgIpc) is 3.01. The quantitative estimate of drug-likeness (QED) is 0.781. The van der Waals surface area contributed by atoms with E-state index in [1.807, 2.05) is 6.07 Å². The van der Waals surface area contributed by atoms with Crippen molar-refractivity contribution in [1.82, 2.24) is 9.78 Å². The summed E-state index contributed by atoms with van der Waals surface area (Å²) < 4.78 is 6.43. The summed E-state index contributed by atoms with van der Waals surface area (Å²) in [6.45, 7) is 1.94. The molecule has 0 saturated heterocycles.